The van der Waals surface area contributed by atoms with Gasteiger partial charge in [-0.2, -0.15) is 0 Å². The Kier molecular flexibility index (Phi) is 3.42. The zero-order valence-corrected chi connectivity index (χ0v) is 12.5. The van der Waals surface area contributed by atoms with Gasteiger partial charge in [0, 0.05) is 11.6 Å². The van der Waals surface area contributed by atoms with Crippen LogP contribution in [-0.4, -0.2) is 38.4 Å². The molecule has 1 aliphatic rings. The largest absolute Gasteiger partial charge is 0.508 e. The van der Waals surface area contributed by atoms with E-state index in [-0.39, 0.29) is 28.4 Å². The fourth-order valence-corrected chi connectivity index (χ4v) is 2.57. The van der Waals surface area contributed by atoms with Gasteiger partial charge in [-0.05, 0) is 18.2 Å². The quantitative estimate of drug-likeness (QED) is 0.519. The van der Waals surface area contributed by atoms with Crippen molar-refractivity contribution in [3.8, 4) is 34.5 Å². The summed E-state index contributed by atoms with van der Waals surface area (Å²) < 4.78 is 10.3. The Morgan fingerprint density at radius 3 is 2.46 bits per heavy atom. The lowest BCUT2D eigenvalue weighted by molar-refractivity contribution is -0.148. The van der Waals surface area contributed by atoms with Crippen LogP contribution in [0.3, 0.4) is 0 Å². The smallest absolute Gasteiger partial charge is 0.242 e. The molecule has 24 heavy (non-hydrogen) atoms. The molecule has 0 bridgehead atoms. The van der Waals surface area contributed by atoms with Gasteiger partial charge in [-0.15, -0.1) is 0 Å². The second-order valence-corrected chi connectivity index (χ2v) is 5.37. The van der Waals surface area contributed by atoms with Crippen LogP contribution in [-0.2, 0) is 5.79 Å². The number of benzene rings is 2. The van der Waals surface area contributed by atoms with E-state index in [1.807, 2.05) is 0 Å². The highest BCUT2D eigenvalue weighted by Gasteiger charge is 2.43. The van der Waals surface area contributed by atoms with E-state index in [1.165, 1.54) is 13.2 Å². The number of phenolic OH excluding ortho intramolecular Hbond substituents is 4. The number of ether oxygens (including phenoxy) is 2. The number of methoxy groups -OCH3 is 1. The molecule has 0 spiro atoms. The van der Waals surface area contributed by atoms with Gasteiger partial charge in [0.05, 0.1) is 19.1 Å². The summed E-state index contributed by atoms with van der Waals surface area (Å²) >= 11 is 0. The van der Waals surface area contributed by atoms with Gasteiger partial charge < -0.3 is 35.0 Å². The molecule has 8 nitrogen and oxygen atoms in total. The monoisotopic (exact) mass is 334 g/mol. The first-order chi connectivity index (χ1) is 11.2. The van der Waals surface area contributed by atoms with E-state index in [1.54, 1.807) is 0 Å². The molecule has 3 rings (SSSR count). The summed E-state index contributed by atoms with van der Waals surface area (Å²) in [7, 11) is 1.25. The third kappa shape index (κ3) is 2.33. The predicted molar refractivity (Wildman–Crippen MR) is 79.6 cm³/mol. The van der Waals surface area contributed by atoms with E-state index in [0.29, 0.717) is 0 Å². The summed E-state index contributed by atoms with van der Waals surface area (Å²) in [6, 6.07) is 4.30. The third-order valence-corrected chi connectivity index (χ3v) is 3.75. The summed E-state index contributed by atoms with van der Waals surface area (Å²) in [4.78, 5) is 12.3. The molecule has 1 aliphatic heterocycles. The van der Waals surface area contributed by atoms with E-state index >= 15 is 0 Å². The zero-order chi connectivity index (χ0) is 17.6. The maximum Gasteiger partial charge on any atom is 0.242 e. The van der Waals surface area contributed by atoms with Gasteiger partial charge in [0.1, 0.15) is 5.75 Å². The standard InChI is InChI=1S/C16H14O8/c1-23-13-3-7(2-10(18)14(13)21)16(22)6-12(20)9-4-8(17)5-11(19)15(9)24-16/h2-5,17-19,21-22H,6H2,1H3/t16-/m1/s1. The van der Waals surface area contributed by atoms with Crippen molar-refractivity contribution < 1.29 is 39.8 Å². The fraction of sp³-hybridized carbons (Fsp3) is 0.188. The maximum absolute atomic E-state index is 12.3. The second kappa shape index (κ2) is 5.20. The van der Waals surface area contributed by atoms with E-state index in [9.17, 15) is 30.3 Å². The minimum Gasteiger partial charge on any atom is -0.508 e. The van der Waals surface area contributed by atoms with Gasteiger partial charge in [-0.3, -0.25) is 4.79 Å². The first-order valence-corrected chi connectivity index (χ1v) is 6.86. The summed E-state index contributed by atoms with van der Waals surface area (Å²) in [6.07, 6.45) is -0.531. The van der Waals surface area contributed by atoms with Crippen molar-refractivity contribution in [2.75, 3.05) is 7.11 Å². The number of rotatable bonds is 2. The van der Waals surface area contributed by atoms with Crippen LogP contribution in [0, 0.1) is 0 Å². The summed E-state index contributed by atoms with van der Waals surface area (Å²) in [5.74, 6) is -5.15. The Morgan fingerprint density at radius 1 is 1.08 bits per heavy atom. The zero-order valence-electron chi connectivity index (χ0n) is 12.5. The number of hydrogen-bond acceptors (Lipinski definition) is 8. The van der Waals surface area contributed by atoms with Gasteiger partial charge in [0.15, 0.2) is 28.8 Å². The molecule has 0 saturated carbocycles. The third-order valence-electron chi connectivity index (χ3n) is 3.75. The van der Waals surface area contributed by atoms with Crippen molar-refractivity contribution in [3.05, 3.63) is 35.4 Å². The fourth-order valence-electron chi connectivity index (χ4n) is 2.57. The van der Waals surface area contributed by atoms with Crippen LogP contribution < -0.4 is 9.47 Å². The molecule has 0 aliphatic carbocycles. The van der Waals surface area contributed by atoms with Gasteiger partial charge >= 0.3 is 0 Å². The molecular formula is C16H14O8. The Labute approximate surface area is 135 Å². The molecule has 0 fully saturated rings. The lowest BCUT2D eigenvalue weighted by Crippen LogP contribution is -2.39. The summed E-state index contributed by atoms with van der Waals surface area (Å²) in [5, 5.41) is 49.5. The Balaban J connectivity index is 2.13. The number of phenols is 4. The van der Waals surface area contributed by atoms with E-state index in [4.69, 9.17) is 9.47 Å². The molecule has 0 radical (unpaired) electrons. The SMILES string of the molecule is COc1cc([C@@]2(O)CC(=O)c3cc(O)cc(O)c3O2)cc(O)c1O. The summed E-state index contributed by atoms with van der Waals surface area (Å²) in [6.45, 7) is 0. The van der Waals surface area contributed by atoms with Crippen molar-refractivity contribution in [2.24, 2.45) is 0 Å². The minimum absolute atomic E-state index is 0.0545. The van der Waals surface area contributed by atoms with Crippen LogP contribution in [0.1, 0.15) is 22.3 Å². The predicted octanol–water partition coefficient (Wildman–Crippen LogP) is 1.33. The van der Waals surface area contributed by atoms with Gasteiger partial charge in [-0.1, -0.05) is 0 Å². The van der Waals surface area contributed by atoms with Crippen LogP contribution in [0.4, 0.5) is 0 Å². The average Bonchev–Trinajstić information content (AvgIpc) is 2.51. The number of carbonyl (C=O) groups excluding carboxylic acids is 1. The van der Waals surface area contributed by atoms with Gasteiger partial charge in [0.2, 0.25) is 11.5 Å². The van der Waals surface area contributed by atoms with Crippen LogP contribution in [0.15, 0.2) is 24.3 Å². The van der Waals surface area contributed by atoms with Gasteiger partial charge in [-0.25, -0.2) is 0 Å². The van der Waals surface area contributed by atoms with Gasteiger partial charge in [0.25, 0.3) is 0 Å². The number of aromatic hydroxyl groups is 4. The van der Waals surface area contributed by atoms with Crippen LogP contribution in [0.25, 0.3) is 0 Å². The number of hydrogen-bond donors (Lipinski definition) is 5. The first-order valence-electron chi connectivity index (χ1n) is 6.86. The highest BCUT2D eigenvalue weighted by Crippen LogP contribution is 2.47. The maximum atomic E-state index is 12.3. The second-order valence-electron chi connectivity index (χ2n) is 5.37. The lowest BCUT2D eigenvalue weighted by atomic mass is 9.92. The van der Waals surface area contributed by atoms with E-state index < -0.39 is 35.2 Å². The molecule has 0 aromatic heterocycles. The molecular weight excluding hydrogens is 320 g/mol. The van der Waals surface area contributed by atoms with Crippen molar-refractivity contribution >= 4 is 5.78 Å². The molecule has 1 atom stereocenters. The Morgan fingerprint density at radius 2 is 1.79 bits per heavy atom. The van der Waals surface area contributed by atoms with Crippen LogP contribution >= 0.6 is 0 Å². The molecule has 1 heterocycles. The minimum atomic E-state index is -2.20. The molecule has 0 amide bonds. The van der Waals surface area contributed by atoms with Crippen molar-refractivity contribution in [2.45, 2.75) is 12.2 Å². The van der Waals surface area contributed by atoms with Crippen molar-refractivity contribution in [1.29, 1.82) is 0 Å². The number of fused-ring (bicyclic) bond motifs is 1. The number of ketones is 1. The van der Waals surface area contributed by atoms with E-state index in [0.717, 1.165) is 18.2 Å². The number of Topliss-reactive ketones (excluding diaryl/α,β-unsaturated/α-hetero) is 1. The van der Waals surface area contributed by atoms with Crippen LogP contribution in [0.5, 0.6) is 34.5 Å². The first kappa shape index (κ1) is 15.8. The topological polar surface area (TPSA) is 137 Å². The molecule has 0 unspecified atom stereocenters. The normalized spacial score (nSPS) is 19.5. The van der Waals surface area contributed by atoms with E-state index in [2.05, 4.69) is 0 Å². The van der Waals surface area contributed by atoms with Crippen molar-refractivity contribution in [1.82, 2.24) is 0 Å². The number of aliphatic hydroxyl groups is 1. The molecule has 2 aromatic carbocycles. The lowest BCUT2D eigenvalue weighted by Gasteiger charge is -2.34. The molecule has 8 heteroatoms. The molecule has 0 saturated heterocycles. The highest BCUT2D eigenvalue weighted by atomic mass is 16.6. The Bertz CT molecular complexity index is 844. The average molecular weight is 334 g/mol. The molecule has 126 valence electrons. The summed E-state index contributed by atoms with van der Waals surface area (Å²) in [5.41, 5.74) is -0.131. The molecule has 5 N–H and O–H groups in total. The number of carbonyl (C=O) groups is 1. The molecule has 2 aromatic rings. The van der Waals surface area contributed by atoms with Crippen LogP contribution in [0.2, 0.25) is 0 Å². The Hall–Kier alpha value is -3.13. The van der Waals surface area contributed by atoms with Crippen molar-refractivity contribution in [3.63, 3.8) is 0 Å². The highest BCUT2D eigenvalue weighted by molar-refractivity contribution is 6.01.